The Morgan fingerprint density at radius 2 is 2.31 bits per heavy atom. The number of phenolic OH excluding ortho intramolecular Hbond substituents is 1. The van der Waals surface area contributed by atoms with E-state index in [4.69, 9.17) is 17.3 Å². The van der Waals surface area contributed by atoms with Crippen LogP contribution < -0.4 is 5.73 Å². The molecule has 0 amide bonds. The molecule has 3 N–H and O–H groups in total. The Morgan fingerprint density at radius 3 is 2.88 bits per heavy atom. The Labute approximate surface area is 99.0 Å². The largest absolute Gasteiger partial charge is 0.508 e. The normalized spacial score (nSPS) is 12.2. The quantitative estimate of drug-likeness (QED) is 0.794. The first-order chi connectivity index (χ1) is 7.56. The lowest BCUT2D eigenvalue weighted by Crippen LogP contribution is -2.13. The zero-order chi connectivity index (χ0) is 12.1. The molecule has 1 unspecified atom stereocenters. The van der Waals surface area contributed by atoms with E-state index < -0.39 is 6.04 Å². The van der Waals surface area contributed by atoms with Crippen LogP contribution >= 0.6 is 11.6 Å². The Bertz CT molecular complexity index is 361. The molecule has 88 valence electrons. The number of esters is 1. The molecule has 0 aliphatic rings. The molecule has 0 aromatic heterocycles. The number of methoxy groups -OCH3 is 1. The van der Waals surface area contributed by atoms with Gasteiger partial charge in [-0.25, -0.2) is 0 Å². The molecular weight excluding hydrogens is 230 g/mol. The van der Waals surface area contributed by atoms with Crippen molar-refractivity contribution in [1.82, 2.24) is 0 Å². The number of hydrogen-bond acceptors (Lipinski definition) is 4. The standard InChI is InChI=1S/C11H14ClNO3/c1-16-10(15)6-5-8(13)11-7(12)3-2-4-9(11)14/h2-4,8,14H,5-6,13H2,1H3. The van der Waals surface area contributed by atoms with Crippen molar-refractivity contribution in [3.63, 3.8) is 0 Å². The van der Waals surface area contributed by atoms with Gasteiger partial charge in [0.1, 0.15) is 5.75 Å². The third kappa shape index (κ3) is 3.12. The summed E-state index contributed by atoms with van der Waals surface area (Å²) in [7, 11) is 1.32. The average molecular weight is 244 g/mol. The molecule has 16 heavy (non-hydrogen) atoms. The summed E-state index contributed by atoms with van der Waals surface area (Å²) in [6.45, 7) is 0. The van der Waals surface area contributed by atoms with Crippen molar-refractivity contribution in [3.8, 4) is 5.75 Å². The smallest absolute Gasteiger partial charge is 0.305 e. The molecule has 1 aromatic rings. The van der Waals surface area contributed by atoms with Crippen molar-refractivity contribution in [2.75, 3.05) is 7.11 Å². The molecule has 0 radical (unpaired) electrons. The molecule has 0 aliphatic heterocycles. The van der Waals surface area contributed by atoms with Crippen LogP contribution in [0.25, 0.3) is 0 Å². The molecule has 1 aromatic carbocycles. The van der Waals surface area contributed by atoms with E-state index in [-0.39, 0.29) is 18.1 Å². The summed E-state index contributed by atoms with van der Waals surface area (Å²) in [6.07, 6.45) is 0.576. The first kappa shape index (κ1) is 12.8. The molecule has 1 rings (SSSR count). The van der Waals surface area contributed by atoms with Crippen molar-refractivity contribution in [2.45, 2.75) is 18.9 Å². The summed E-state index contributed by atoms with van der Waals surface area (Å²) in [4.78, 5) is 10.9. The van der Waals surface area contributed by atoms with E-state index in [9.17, 15) is 9.90 Å². The van der Waals surface area contributed by atoms with Gasteiger partial charge in [0.2, 0.25) is 0 Å². The minimum absolute atomic E-state index is 0.0462. The summed E-state index contributed by atoms with van der Waals surface area (Å²) >= 11 is 5.92. The Balaban J connectivity index is 2.73. The topological polar surface area (TPSA) is 72.5 Å². The van der Waals surface area contributed by atoms with E-state index in [1.807, 2.05) is 0 Å². The van der Waals surface area contributed by atoms with Gasteiger partial charge in [-0.3, -0.25) is 4.79 Å². The van der Waals surface area contributed by atoms with Crippen LogP contribution in [0, 0.1) is 0 Å². The van der Waals surface area contributed by atoms with Gasteiger partial charge in [-0.15, -0.1) is 0 Å². The summed E-state index contributed by atoms with van der Waals surface area (Å²) in [5.74, 6) is -0.285. The first-order valence-electron chi connectivity index (χ1n) is 4.86. The van der Waals surface area contributed by atoms with Gasteiger partial charge in [0.25, 0.3) is 0 Å². The molecule has 0 fully saturated rings. The minimum Gasteiger partial charge on any atom is -0.508 e. The number of carbonyl (C=O) groups is 1. The van der Waals surface area contributed by atoms with Crippen molar-refractivity contribution >= 4 is 17.6 Å². The van der Waals surface area contributed by atoms with Gasteiger partial charge in [-0.05, 0) is 18.6 Å². The lowest BCUT2D eigenvalue weighted by molar-refractivity contribution is -0.140. The van der Waals surface area contributed by atoms with Crippen LogP contribution in [0.5, 0.6) is 5.75 Å². The van der Waals surface area contributed by atoms with Crippen LogP contribution in [0.2, 0.25) is 5.02 Å². The number of carbonyl (C=O) groups excluding carboxylic acids is 1. The minimum atomic E-state index is -0.479. The maximum Gasteiger partial charge on any atom is 0.305 e. The van der Waals surface area contributed by atoms with Crippen LogP contribution in [0.1, 0.15) is 24.4 Å². The lowest BCUT2D eigenvalue weighted by Gasteiger charge is -2.14. The molecular formula is C11H14ClNO3. The lowest BCUT2D eigenvalue weighted by atomic mass is 10.0. The number of halogens is 1. The molecule has 0 aliphatic carbocycles. The number of hydrogen-bond donors (Lipinski definition) is 2. The van der Waals surface area contributed by atoms with Crippen LogP contribution in [-0.4, -0.2) is 18.2 Å². The van der Waals surface area contributed by atoms with Gasteiger partial charge in [-0.1, -0.05) is 17.7 Å². The Hall–Kier alpha value is -1.26. The fourth-order valence-corrected chi connectivity index (χ4v) is 1.72. The van der Waals surface area contributed by atoms with E-state index in [2.05, 4.69) is 4.74 Å². The summed E-state index contributed by atoms with van der Waals surface area (Å²) < 4.78 is 4.51. The summed E-state index contributed by atoms with van der Waals surface area (Å²) in [5.41, 5.74) is 6.31. The summed E-state index contributed by atoms with van der Waals surface area (Å²) in [5, 5.41) is 10.0. The van der Waals surface area contributed by atoms with Gasteiger partial charge in [0.05, 0.1) is 7.11 Å². The summed E-state index contributed by atoms with van der Waals surface area (Å²) in [6, 6.07) is 4.31. The zero-order valence-electron chi connectivity index (χ0n) is 8.94. The number of phenols is 1. The number of rotatable bonds is 4. The van der Waals surface area contributed by atoms with Gasteiger partial charge in [0, 0.05) is 23.0 Å². The second-order valence-electron chi connectivity index (χ2n) is 3.39. The van der Waals surface area contributed by atoms with Gasteiger partial charge in [0.15, 0.2) is 0 Å². The number of aromatic hydroxyl groups is 1. The SMILES string of the molecule is COC(=O)CCC(N)c1c(O)cccc1Cl. The highest BCUT2D eigenvalue weighted by Crippen LogP contribution is 2.32. The highest BCUT2D eigenvalue weighted by molar-refractivity contribution is 6.31. The molecule has 0 spiro atoms. The van der Waals surface area contributed by atoms with Crippen LogP contribution in [0.4, 0.5) is 0 Å². The van der Waals surface area contributed by atoms with E-state index >= 15 is 0 Å². The molecule has 5 heteroatoms. The molecule has 0 saturated carbocycles. The van der Waals surface area contributed by atoms with Crippen molar-refractivity contribution in [1.29, 1.82) is 0 Å². The average Bonchev–Trinajstić information content (AvgIpc) is 2.25. The van der Waals surface area contributed by atoms with E-state index in [1.165, 1.54) is 13.2 Å². The molecule has 0 bridgehead atoms. The Kier molecular flexibility index (Phi) is 4.58. The van der Waals surface area contributed by atoms with Crippen LogP contribution in [0.3, 0.4) is 0 Å². The predicted octanol–water partition coefficient (Wildman–Crippen LogP) is 2.00. The molecule has 0 heterocycles. The van der Waals surface area contributed by atoms with E-state index in [0.717, 1.165) is 0 Å². The second kappa shape index (κ2) is 5.72. The molecule has 1 atom stereocenters. The Morgan fingerprint density at radius 1 is 1.62 bits per heavy atom. The van der Waals surface area contributed by atoms with E-state index in [1.54, 1.807) is 12.1 Å². The molecule has 4 nitrogen and oxygen atoms in total. The third-order valence-electron chi connectivity index (χ3n) is 2.29. The van der Waals surface area contributed by atoms with Gasteiger partial charge < -0.3 is 15.6 Å². The fourth-order valence-electron chi connectivity index (χ4n) is 1.41. The predicted molar refractivity (Wildman–Crippen MR) is 61.3 cm³/mol. The van der Waals surface area contributed by atoms with Crippen LogP contribution in [-0.2, 0) is 9.53 Å². The van der Waals surface area contributed by atoms with Gasteiger partial charge >= 0.3 is 5.97 Å². The fraction of sp³-hybridized carbons (Fsp3) is 0.364. The third-order valence-corrected chi connectivity index (χ3v) is 2.62. The molecule has 0 saturated heterocycles. The maximum absolute atomic E-state index is 10.9. The van der Waals surface area contributed by atoms with Crippen molar-refractivity contribution in [3.05, 3.63) is 28.8 Å². The number of nitrogens with two attached hydrogens (primary N) is 1. The highest BCUT2D eigenvalue weighted by atomic mass is 35.5. The van der Waals surface area contributed by atoms with Crippen LogP contribution in [0.15, 0.2) is 18.2 Å². The maximum atomic E-state index is 10.9. The van der Waals surface area contributed by atoms with Crippen molar-refractivity contribution in [2.24, 2.45) is 5.73 Å². The van der Waals surface area contributed by atoms with E-state index in [0.29, 0.717) is 17.0 Å². The zero-order valence-corrected chi connectivity index (χ0v) is 9.70. The van der Waals surface area contributed by atoms with Crippen molar-refractivity contribution < 1.29 is 14.6 Å². The monoisotopic (exact) mass is 243 g/mol. The number of ether oxygens (including phenoxy) is 1. The highest BCUT2D eigenvalue weighted by Gasteiger charge is 2.16. The number of benzene rings is 1. The second-order valence-corrected chi connectivity index (χ2v) is 3.80. The van der Waals surface area contributed by atoms with Gasteiger partial charge in [-0.2, -0.15) is 0 Å². The first-order valence-corrected chi connectivity index (χ1v) is 5.23.